The van der Waals surface area contributed by atoms with Gasteiger partial charge in [-0.3, -0.25) is 0 Å². The number of rotatable bonds is 1. The summed E-state index contributed by atoms with van der Waals surface area (Å²) in [6.45, 7) is 4.90. The van der Waals surface area contributed by atoms with Gasteiger partial charge in [-0.15, -0.1) is 17.7 Å². The van der Waals surface area contributed by atoms with Gasteiger partial charge in [0.15, 0.2) is 0 Å². The van der Waals surface area contributed by atoms with Gasteiger partial charge in [0.25, 0.3) is 0 Å². The molecule has 5 heteroatoms. The number of hydrogen-bond donors (Lipinski definition) is 0. The Morgan fingerprint density at radius 3 is 1.94 bits per heavy atom. The summed E-state index contributed by atoms with van der Waals surface area (Å²) < 4.78 is 4.88. The Balaban J connectivity index is -0.0000000818. The minimum atomic E-state index is -0.750. The van der Waals surface area contributed by atoms with Gasteiger partial charge in [0.05, 0.1) is 7.11 Å². The van der Waals surface area contributed by atoms with E-state index in [9.17, 15) is 5.11 Å². The van der Waals surface area contributed by atoms with E-state index in [2.05, 4.69) is 6.07 Å². The smallest absolute Gasteiger partial charge is 1.00 e. The fraction of sp³-hybridized carbons (Fsp3) is 0.455. The Labute approximate surface area is 137 Å². The van der Waals surface area contributed by atoms with E-state index in [1.807, 2.05) is 18.2 Å². The van der Waals surface area contributed by atoms with Gasteiger partial charge in [-0.25, -0.2) is 0 Å². The number of halogens is 1. The van der Waals surface area contributed by atoms with Crippen LogP contribution in [0, 0.1) is 6.07 Å². The van der Waals surface area contributed by atoms with Gasteiger partial charge in [0.1, 0.15) is 0 Å². The van der Waals surface area contributed by atoms with Gasteiger partial charge in [-0.2, -0.15) is 18.2 Å². The van der Waals surface area contributed by atoms with Crippen molar-refractivity contribution in [1.82, 2.24) is 0 Å². The zero-order valence-electron chi connectivity index (χ0n) is 10.7. The van der Waals surface area contributed by atoms with E-state index in [0.29, 0.717) is 0 Å². The van der Waals surface area contributed by atoms with Crippen molar-refractivity contribution in [3.05, 3.63) is 30.3 Å². The van der Waals surface area contributed by atoms with E-state index >= 15 is 0 Å². The number of ether oxygens (including phenoxy) is 1. The molecular formula is C11H16BrLiMgO2. The average Bonchev–Trinajstić information content (AvgIpc) is 2.03. The molecule has 16 heavy (non-hydrogen) atoms. The van der Waals surface area contributed by atoms with Crippen LogP contribution in [0.3, 0.4) is 0 Å². The largest absolute Gasteiger partial charge is 2.00 e. The molecule has 1 rings (SSSR count). The summed E-state index contributed by atoms with van der Waals surface area (Å²) in [5, 5.41) is 10.1. The Hall–Kier alpha value is 0.824. The second kappa shape index (κ2) is 13.9. The maximum atomic E-state index is 10.1. The zero-order chi connectivity index (χ0) is 10.3. The van der Waals surface area contributed by atoms with Gasteiger partial charge in [0.2, 0.25) is 0 Å². The van der Waals surface area contributed by atoms with Crippen molar-refractivity contribution in [3.8, 4) is 5.75 Å². The molecule has 0 aliphatic carbocycles. The Morgan fingerprint density at radius 1 is 1.31 bits per heavy atom. The molecule has 0 amide bonds. The first kappa shape index (κ1) is 25.6. The summed E-state index contributed by atoms with van der Waals surface area (Å²) in [5.74, 6) is 0.854. The third-order valence-electron chi connectivity index (χ3n) is 0.914. The average molecular weight is 291 g/mol. The van der Waals surface area contributed by atoms with Crippen LogP contribution in [0.15, 0.2) is 24.3 Å². The van der Waals surface area contributed by atoms with Gasteiger partial charge in [0, 0.05) is 5.75 Å². The molecule has 0 N–H and O–H groups in total. The van der Waals surface area contributed by atoms with Gasteiger partial charge in [-0.05, 0) is 0 Å². The molecule has 0 bridgehead atoms. The van der Waals surface area contributed by atoms with Crippen molar-refractivity contribution in [1.29, 1.82) is 0 Å². The molecule has 0 heterocycles. The minimum Gasteiger partial charge on any atom is -1.00 e. The van der Waals surface area contributed by atoms with E-state index < -0.39 is 5.60 Å². The summed E-state index contributed by atoms with van der Waals surface area (Å²) in [7, 11) is 1.64. The molecule has 0 saturated carbocycles. The van der Waals surface area contributed by atoms with E-state index in [-0.39, 0.29) is 58.9 Å². The van der Waals surface area contributed by atoms with Crippen LogP contribution >= 0.6 is 0 Å². The molecule has 0 aliphatic heterocycles. The molecule has 1 aromatic rings. The summed E-state index contributed by atoms with van der Waals surface area (Å²) in [5.41, 5.74) is -0.750. The molecule has 2 nitrogen and oxygen atoms in total. The summed E-state index contributed by atoms with van der Waals surface area (Å²) in [4.78, 5) is 0. The van der Waals surface area contributed by atoms with E-state index in [1.165, 1.54) is 0 Å². The second-order valence-corrected chi connectivity index (χ2v) is 3.56. The van der Waals surface area contributed by atoms with Crippen molar-refractivity contribution < 1.29 is 45.7 Å². The van der Waals surface area contributed by atoms with Crippen molar-refractivity contribution in [3.63, 3.8) is 0 Å². The molecule has 0 spiro atoms. The molecule has 0 atom stereocenters. The first-order valence-electron chi connectivity index (χ1n) is 4.14. The summed E-state index contributed by atoms with van der Waals surface area (Å²) in [6.07, 6.45) is 0. The van der Waals surface area contributed by atoms with Gasteiger partial charge in [-0.1, -0.05) is 20.8 Å². The van der Waals surface area contributed by atoms with Crippen LogP contribution in [0.25, 0.3) is 0 Å². The monoisotopic (exact) mass is 290 g/mol. The Bertz CT molecular complexity index is 221. The van der Waals surface area contributed by atoms with Crippen LogP contribution in [0.5, 0.6) is 5.75 Å². The first-order valence-corrected chi connectivity index (χ1v) is 4.14. The quantitative estimate of drug-likeness (QED) is 0.385. The third-order valence-corrected chi connectivity index (χ3v) is 0.914. The van der Waals surface area contributed by atoms with Crippen LogP contribution in [-0.4, -0.2) is 35.8 Å². The van der Waals surface area contributed by atoms with Crippen molar-refractivity contribution in [2.45, 2.75) is 26.4 Å². The van der Waals surface area contributed by atoms with Gasteiger partial charge < -0.3 is 26.8 Å². The fourth-order valence-corrected chi connectivity index (χ4v) is 0.504. The fourth-order valence-electron chi connectivity index (χ4n) is 0.504. The molecule has 0 fully saturated rings. The number of methoxy groups -OCH3 is 1. The number of benzene rings is 1. The van der Waals surface area contributed by atoms with Crippen molar-refractivity contribution in [2.24, 2.45) is 0 Å². The maximum absolute atomic E-state index is 10.1. The topological polar surface area (TPSA) is 32.3 Å². The zero-order valence-corrected chi connectivity index (χ0v) is 13.7. The van der Waals surface area contributed by atoms with E-state index in [0.717, 1.165) is 5.75 Å². The second-order valence-electron chi connectivity index (χ2n) is 3.56. The molecule has 0 radical (unpaired) electrons. The van der Waals surface area contributed by atoms with Crippen LogP contribution in [-0.2, 0) is 0 Å². The Kier molecular flexibility index (Phi) is 22.2. The molecule has 0 aromatic heterocycles. The van der Waals surface area contributed by atoms with Crippen molar-refractivity contribution in [2.75, 3.05) is 7.11 Å². The predicted molar refractivity (Wildman–Crippen MR) is 57.3 cm³/mol. The summed E-state index contributed by atoms with van der Waals surface area (Å²) >= 11 is 0. The van der Waals surface area contributed by atoms with Crippen LogP contribution < -0.4 is 45.7 Å². The van der Waals surface area contributed by atoms with Gasteiger partial charge >= 0.3 is 41.9 Å². The van der Waals surface area contributed by atoms with Crippen LogP contribution in [0.2, 0.25) is 0 Å². The van der Waals surface area contributed by atoms with Crippen molar-refractivity contribution >= 4 is 23.1 Å². The van der Waals surface area contributed by atoms with Crippen LogP contribution in [0.1, 0.15) is 20.8 Å². The SMILES string of the molecule is CC(C)(C)[O-].COc1c[c-]ccc1.[Br-].[Li+].[Mg+2]. The molecule has 82 valence electrons. The van der Waals surface area contributed by atoms with E-state index in [4.69, 9.17) is 4.74 Å². The molecule has 0 unspecified atom stereocenters. The third kappa shape index (κ3) is 24.2. The first-order chi connectivity index (χ1) is 5.93. The maximum Gasteiger partial charge on any atom is 2.00 e. The summed E-state index contributed by atoms with van der Waals surface area (Å²) in [6, 6.07) is 10.3. The molecular weight excluding hydrogens is 275 g/mol. The molecule has 0 aliphatic rings. The minimum absolute atomic E-state index is 0. The molecule has 0 saturated heterocycles. The predicted octanol–water partition coefficient (Wildman–Crippen LogP) is -4.73. The Morgan fingerprint density at radius 2 is 1.75 bits per heavy atom. The normalized spacial score (nSPS) is 8.06. The molecule has 1 aromatic carbocycles. The van der Waals surface area contributed by atoms with Crippen LogP contribution in [0.4, 0.5) is 0 Å². The standard InChI is InChI=1S/C7H7O.C4H9O.BrH.Li.Mg/c1-8-7-5-3-2-4-6-7;1-4(2,3)5;;;/h2-3,5-6H,1H3;1-3H3;1H;;/q2*-1;;+1;+2/p-1. The van der Waals surface area contributed by atoms with E-state index in [1.54, 1.807) is 33.9 Å². The number of hydrogen-bond acceptors (Lipinski definition) is 2.